The van der Waals surface area contributed by atoms with Crippen molar-refractivity contribution >= 4 is 37.9 Å². The zero-order chi connectivity index (χ0) is 8.27. The average Bonchev–Trinajstić information content (AvgIpc) is 1.95. The van der Waals surface area contributed by atoms with Crippen LogP contribution in [0.2, 0.25) is 0 Å². The van der Waals surface area contributed by atoms with Gasteiger partial charge in [-0.2, -0.15) is 0 Å². The van der Waals surface area contributed by atoms with Gasteiger partial charge in [0.2, 0.25) is 0 Å². The third-order valence-electron chi connectivity index (χ3n) is 1.40. The first-order chi connectivity index (χ1) is 5.24. The van der Waals surface area contributed by atoms with E-state index >= 15 is 0 Å². The summed E-state index contributed by atoms with van der Waals surface area (Å²) in [6.07, 6.45) is 2.00. The SMILES string of the molecule is Cc1ccc(/C=C\Br)c(Br)c1. The fourth-order valence-electron chi connectivity index (χ4n) is 0.835. The molecule has 0 saturated heterocycles. The smallest absolute Gasteiger partial charge is 0.0250 e. The summed E-state index contributed by atoms with van der Waals surface area (Å²) in [4.78, 5) is 1.85. The van der Waals surface area contributed by atoms with Crippen LogP contribution in [0.1, 0.15) is 11.1 Å². The number of halogens is 2. The Balaban J connectivity index is 3.09. The lowest BCUT2D eigenvalue weighted by atomic mass is 10.1. The van der Waals surface area contributed by atoms with E-state index in [4.69, 9.17) is 0 Å². The first-order valence-electron chi connectivity index (χ1n) is 3.27. The van der Waals surface area contributed by atoms with Crippen LogP contribution < -0.4 is 0 Å². The normalized spacial score (nSPS) is 10.8. The van der Waals surface area contributed by atoms with Gasteiger partial charge in [0, 0.05) is 4.47 Å². The van der Waals surface area contributed by atoms with Gasteiger partial charge in [-0.05, 0) is 35.2 Å². The molecule has 0 nitrogen and oxygen atoms in total. The van der Waals surface area contributed by atoms with Crippen LogP contribution in [-0.4, -0.2) is 0 Å². The van der Waals surface area contributed by atoms with Gasteiger partial charge in [0.15, 0.2) is 0 Å². The van der Waals surface area contributed by atoms with Crippen LogP contribution in [0.4, 0.5) is 0 Å². The molecule has 0 radical (unpaired) electrons. The van der Waals surface area contributed by atoms with Gasteiger partial charge in [-0.1, -0.05) is 44.0 Å². The van der Waals surface area contributed by atoms with E-state index in [2.05, 4.69) is 57.0 Å². The molecule has 2 heteroatoms. The van der Waals surface area contributed by atoms with Gasteiger partial charge in [0.1, 0.15) is 0 Å². The number of rotatable bonds is 1. The van der Waals surface area contributed by atoms with E-state index in [9.17, 15) is 0 Å². The molecule has 0 atom stereocenters. The lowest BCUT2D eigenvalue weighted by Gasteiger charge is -1.98. The molecule has 1 aromatic rings. The minimum Gasteiger partial charge on any atom is -0.0595 e. The van der Waals surface area contributed by atoms with Gasteiger partial charge in [0.05, 0.1) is 0 Å². The molecule has 0 bridgehead atoms. The van der Waals surface area contributed by atoms with Gasteiger partial charge < -0.3 is 0 Å². The Bertz CT molecular complexity index is 277. The highest BCUT2D eigenvalue weighted by molar-refractivity contribution is 9.11. The molecule has 0 heterocycles. The highest BCUT2D eigenvalue weighted by Crippen LogP contribution is 2.19. The molecule has 0 N–H and O–H groups in total. The van der Waals surface area contributed by atoms with Crippen LogP contribution in [0.25, 0.3) is 6.08 Å². The van der Waals surface area contributed by atoms with Crippen molar-refractivity contribution < 1.29 is 0 Å². The van der Waals surface area contributed by atoms with Gasteiger partial charge in [0.25, 0.3) is 0 Å². The van der Waals surface area contributed by atoms with Crippen molar-refractivity contribution in [1.82, 2.24) is 0 Å². The third kappa shape index (κ3) is 2.46. The van der Waals surface area contributed by atoms with Crippen molar-refractivity contribution in [2.24, 2.45) is 0 Å². The Morgan fingerprint density at radius 2 is 2.09 bits per heavy atom. The summed E-state index contributed by atoms with van der Waals surface area (Å²) in [6.45, 7) is 2.08. The van der Waals surface area contributed by atoms with Crippen molar-refractivity contribution in [2.45, 2.75) is 6.92 Å². The Morgan fingerprint density at radius 3 is 2.64 bits per heavy atom. The lowest BCUT2D eigenvalue weighted by Crippen LogP contribution is -1.76. The van der Waals surface area contributed by atoms with E-state index in [0.717, 1.165) is 4.47 Å². The van der Waals surface area contributed by atoms with Crippen LogP contribution in [0.3, 0.4) is 0 Å². The van der Waals surface area contributed by atoms with Crippen LogP contribution in [0.15, 0.2) is 27.7 Å². The first-order valence-corrected chi connectivity index (χ1v) is 4.98. The summed E-state index contributed by atoms with van der Waals surface area (Å²) in [5.41, 5.74) is 2.45. The van der Waals surface area contributed by atoms with Crippen molar-refractivity contribution in [3.63, 3.8) is 0 Å². The Morgan fingerprint density at radius 1 is 1.36 bits per heavy atom. The minimum absolute atomic E-state index is 1.13. The molecule has 0 aliphatic carbocycles. The second kappa shape index (κ2) is 4.07. The molecule has 1 aromatic carbocycles. The van der Waals surface area contributed by atoms with Gasteiger partial charge in [-0.25, -0.2) is 0 Å². The number of hydrogen-bond acceptors (Lipinski definition) is 0. The van der Waals surface area contributed by atoms with E-state index in [0.29, 0.717) is 0 Å². The molecule has 0 unspecified atom stereocenters. The molecular weight excluding hydrogens is 268 g/mol. The zero-order valence-electron chi connectivity index (χ0n) is 6.14. The predicted octanol–water partition coefficient (Wildman–Crippen LogP) is 4.12. The molecule has 0 saturated carbocycles. The second-order valence-corrected chi connectivity index (χ2v) is 3.70. The molecule has 0 aromatic heterocycles. The first kappa shape index (κ1) is 9.01. The standard InChI is InChI=1S/C9H8Br2/c1-7-2-3-8(4-5-10)9(11)6-7/h2-6H,1H3/b5-4-. The van der Waals surface area contributed by atoms with Gasteiger partial charge >= 0.3 is 0 Å². The molecule has 0 amide bonds. The van der Waals surface area contributed by atoms with E-state index in [-0.39, 0.29) is 0 Å². The van der Waals surface area contributed by atoms with Crippen molar-refractivity contribution in [3.8, 4) is 0 Å². The fraction of sp³-hybridized carbons (Fsp3) is 0.111. The molecule has 0 aliphatic heterocycles. The third-order valence-corrected chi connectivity index (χ3v) is 2.35. The Labute approximate surface area is 83.6 Å². The van der Waals surface area contributed by atoms with E-state index in [1.54, 1.807) is 0 Å². The van der Waals surface area contributed by atoms with Crippen LogP contribution in [0.5, 0.6) is 0 Å². The maximum absolute atomic E-state index is 3.48. The molecule has 0 spiro atoms. The average molecular weight is 276 g/mol. The molecule has 1 rings (SSSR count). The second-order valence-electron chi connectivity index (χ2n) is 2.32. The number of aryl methyl sites for hydroxylation is 1. The summed E-state index contributed by atoms with van der Waals surface area (Å²) >= 11 is 6.71. The van der Waals surface area contributed by atoms with Crippen molar-refractivity contribution in [1.29, 1.82) is 0 Å². The maximum Gasteiger partial charge on any atom is 0.0250 e. The number of hydrogen-bond donors (Lipinski definition) is 0. The van der Waals surface area contributed by atoms with Crippen LogP contribution in [-0.2, 0) is 0 Å². The van der Waals surface area contributed by atoms with Gasteiger partial charge in [-0.15, -0.1) is 0 Å². The topological polar surface area (TPSA) is 0 Å². The quantitative estimate of drug-likeness (QED) is 0.723. The zero-order valence-corrected chi connectivity index (χ0v) is 9.31. The summed E-state index contributed by atoms with van der Waals surface area (Å²) in [7, 11) is 0. The lowest BCUT2D eigenvalue weighted by molar-refractivity contribution is 1.44. The van der Waals surface area contributed by atoms with E-state index in [1.165, 1.54) is 11.1 Å². The molecular formula is C9H8Br2. The molecule has 58 valence electrons. The fourth-order valence-corrected chi connectivity index (χ4v) is 1.75. The minimum atomic E-state index is 1.13. The predicted molar refractivity (Wildman–Crippen MR) is 56.8 cm³/mol. The van der Waals surface area contributed by atoms with Gasteiger partial charge in [-0.3, -0.25) is 0 Å². The Kier molecular flexibility index (Phi) is 3.34. The summed E-state index contributed by atoms with van der Waals surface area (Å²) in [5, 5.41) is 0. The highest BCUT2D eigenvalue weighted by atomic mass is 79.9. The molecule has 11 heavy (non-hydrogen) atoms. The van der Waals surface area contributed by atoms with Crippen LogP contribution >= 0.6 is 31.9 Å². The molecule has 0 aliphatic rings. The van der Waals surface area contributed by atoms with E-state index < -0.39 is 0 Å². The number of benzene rings is 1. The van der Waals surface area contributed by atoms with E-state index in [1.807, 2.05) is 11.1 Å². The summed E-state index contributed by atoms with van der Waals surface area (Å²) in [5.74, 6) is 0. The molecule has 0 fully saturated rings. The largest absolute Gasteiger partial charge is 0.0595 e. The van der Waals surface area contributed by atoms with Crippen molar-refractivity contribution in [2.75, 3.05) is 0 Å². The maximum atomic E-state index is 3.48. The van der Waals surface area contributed by atoms with Crippen molar-refractivity contribution in [3.05, 3.63) is 38.8 Å². The summed E-state index contributed by atoms with van der Waals surface area (Å²) in [6, 6.07) is 6.27. The van der Waals surface area contributed by atoms with Crippen LogP contribution in [0, 0.1) is 6.92 Å². The summed E-state index contributed by atoms with van der Waals surface area (Å²) < 4.78 is 1.13. The monoisotopic (exact) mass is 274 g/mol. The highest BCUT2D eigenvalue weighted by Gasteiger charge is 1.93. The Hall–Kier alpha value is -0.0800.